The van der Waals surface area contributed by atoms with Crippen molar-refractivity contribution < 1.29 is 14.7 Å². The highest BCUT2D eigenvalue weighted by atomic mass is 16.4. The summed E-state index contributed by atoms with van der Waals surface area (Å²) < 4.78 is 0. The Labute approximate surface area is 90.5 Å². The molecule has 0 fully saturated rings. The van der Waals surface area contributed by atoms with Gasteiger partial charge >= 0.3 is 5.97 Å². The van der Waals surface area contributed by atoms with Gasteiger partial charge in [-0.1, -0.05) is 0 Å². The summed E-state index contributed by atoms with van der Waals surface area (Å²) in [7, 11) is 1.49. The van der Waals surface area contributed by atoms with E-state index in [4.69, 9.17) is 5.11 Å². The van der Waals surface area contributed by atoms with E-state index in [1.165, 1.54) is 18.9 Å². The van der Waals surface area contributed by atoms with Crippen LogP contribution in [0.4, 0.5) is 0 Å². The molecule has 1 atom stereocenters. The van der Waals surface area contributed by atoms with E-state index in [9.17, 15) is 9.59 Å². The highest BCUT2D eigenvalue weighted by molar-refractivity contribution is 5.84. The molecule has 0 aromatic carbocycles. The van der Waals surface area contributed by atoms with E-state index < -0.39 is 12.0 Å². The van der Waals surface area contributed by atoms with Crippen molar-refractivity contribution in [3.63, 3.8) is 0 Å². The quantitative estimate of drug-likeness (QED) is 0.709. The number of hydrogen-bond donors (Lipinski definition) is 2. The molecule has 0 aromatic rings. The number of amides is 1. The van der Waals surface area contributed by atoms with Crippen molar-refractivity contribution in [2.45, 2.75) is 39.3 Å². The fourth-order valence-corrected chi connectivity index (χ4v) is 0.847. The number of carboxylic acid groups (broad SMARTS) is 1. The normalized spacial score (nSPS) is 13.4. The molecular formula is C10H20N2O3. The first-order chi connectivity index (χ1) is 6.65. The number of nitrogens with zero attached hydrogens (tertiary/aromatic N) is 1. The zero-order valence-electron chi connectivity index (χ0n) is 10.00. The van der Waals surface area contributed by atoms with Crippen molar-refractivity contribution in [1.82, 2.24) is 10.2 Å². The summed E-state index contributed by atoms with van der Waals surface area (Å²) in [5.41, 5.74) is -0.150. The first-order valence-electron chi connectivity index (χ1n) is 4.88. The van der Waals surface area contributed by atoms with Crippen LogP contribution in [0.3, 0.4) is 0 Å². The minimum Gasteiger partial charge on any atom is -0.480 e. The van der Waals surface area contributed by atoms with Gasteiger partial charge < -0.3 is 15.3 Å². The molecule has 0 rings (SSSR count). The molecule has 0 saturated carbocycles. The third-order valence-electron chi connectivity index (χ3n) is 2.10. The number of aliphatic carboxylic acids is 1. The second-order valence-corrected chi connectivity index (χ2v) is 4.62. The van der Waals surface area contributed by atoms with Crippen LogP contribution in [-0.2, 0) is 9.59 Å². The van der Waals surface area contributed by atoms with Gasteiger partial charge in [-0.3, -0.25) is 4.79 Å². The minimum atomic E-state index is -0.999. The Kier molecular flexibility index (Phi) is 4.74. The van der Waals surface area contributed by atoms with E-state index >= 15 is 0 Å². The molecule has 0 aromatic heterocycles. The first-order valence-corrected chi connectivity index (χ1v) is 4.88. The SMILES string of the molecule is CC(C(=O)O)N(C)C(=O)CNC(C)(C)C. The lowest BCUT2D eigenvalue weighted by Crippen LogP contribution is -2.48. The maximum Gasteiger partial charge on any atom is 0.326 e. The number of carbonyl (C=O) groups is 2. The van der Waals surface area contributed by atoms with Crippen LogP contribution in [0.5, 0.6) is 0 Å². The Hall–Kier alpha value is -1.10. The fraction of sp³-hybridized carbons (Fsp3) is 0.800. The number of carbonyl (C=O) groups excluding carboxylic acids is 1. The molecule has 5 nitrogen and oxygen atoms in total. The van der Waals surface area contributed by atoms with Crippen molar-refractivity contribution >= 4 is 11.9 Å². The summed E-state index contributed by atoms with van der Waals surface area (Å²) in [4.78, 5) is 23.4. The number of likely N-dealkylation sites (N-methyl/N-ethyl adjacent to an activating group) is 1. The molecule has 1 amide bonds. The molecule has 0 aliphatic carbocycles. The molecule has 0 heterocycles. The Bertz CT molecular complexity index is 246. The highest BCUT2D eigenvalue weighted by Gasteiger charge is 2.22. The Balaban J connectivity index is 4.17. The third-order valence-corrected chi connectivity index (χ3v) is 2.10. The lowest BCUT2D eigenvalue weighted by atomic mass is 10.1. The first kappa shape index (κ1) is 13.9. The molecule has 0 aliphatic heterocycles. The van der Waals surface area contributed by atoms with Crippen LogP contribution >= 0.6 is 0 Å². The van der Waals surface area contributed by atoms with Crippen molar-refractivity contribution in [2.75, 3.05) is 13.6 Å². The maximum absolute atomic E-state index is 11.5. The van der Waals surface area contributed by atoms with Crippen molar-refractivity contribution in [2.24, 2.45) is 0 Å². The van der Waals surface area contributed by atoms with Crippen LogP contribution in [0, 0.1) is 0 Å². The van der Waals surface area contributed by atoms with Crippen LogP contribution < -0.4 is 5.32 Å². The van der Waals surface area contributed by atoms with Crippen LogP contribution in [0.1, 0.15) is 27.7 Å². The Morgan fingerprint density at radius 2 is 1.87 bits per heavy atom. The Morgan fingerprint density at radius 3 is 2.20 bits per heavy atom. The Morgan fingerprint density at radius 1 is 1.40 bits per heavy atom. The van der Waals surface area contributed by atoms with E-state index in [-0.39, 0.29) is 18.0 Å². The van der Waals surface area contributed by atoms with Crippen LogP contribution in [0.2, 0.25) is 0 Å². The van der Waals surface area contributed by atoms with Gasteiger partial charge in [-0.25, -0.2) is 4.79 Å². The van der Waals surface area contributed by atoms with Gasteiger partial charge in [0.25, 0.3) is 0 Å². The van der Waals surface area contributed by atoms with Crippen LogP contribution in [0.25, 0.3) is 0 Å². The molecule has 15 heavy (non-hydrogen) atoms. The monoisotopic (exact) mass is 216 g/mol. The molecule has 88 valence electrons. The smallest absolute Gasteiger partial charge is 0.326 e. The topological polar surface area (TPSA) is 69.6 Å². The van der Waals surface area contributed by atoms with Crippen LogP contribution in [-0.4, -0.2) is 47.1 Å². The van der Waals surface area contributed by atoms with E-state index in [1.807, 2.05) is 20.8 Å². The van der Waals surface area contributed by atoms with Gasteiger partial charge in [0, 0.05) is 12.6 Å². The van der Waals surface area contributed by atoms with E-state index in [0.29, 0.717) is 0 Å². The van der Waals surface area contributed by atoms with E-state index in [2.05, 4.69) is 5.32 Å². The zero-order chi connectivity index (χ0) is 12.2. The molecule has 0 saturated heterocycles. The second kappa shape index (κ2) is 5.11. The maximum atomic E-state index is 11.5. The predicted molar refractivity (Wildman–Crippen MR) is 57.6 cm³/mol. The summed E-state index contributed by atoms with van der Waals surface area (Å²) in [6, 6.07) is -0.792. The van der Waals surface area contributed by atoms with Crippen LogP contribution in [0.15, 0.2) is 0 Å². The van der Waals surface area contributed by atoms with Gasteiger partial charge in [-0.2, -0.15) is 0 Å². The molecule has 2 N–H and O–H groups in total. The van der Waals surface area contributed by atoms with Crippen molar-refractivity contribution in [3.8, 4) is 0 Å². The third kappa shape index (κ3) is 5.37. The molecular weight excluding hydrogens is 196 g/mol. The minimum absolute atomic E-state index is 0.150. The fourth-order valence-electron chi connectivity index (χ4n) is 0.847. The van der Waals surface area contributed by atoms with Gasteiger partial charge in [0.05, 0.1) is 6.54 Å². The summed E-state index contributed by atoms with van der Waals surface area (Å²) in [6.07, 6.45) is 0. The number of carboxylic acids is 1. The number of nitrogens with one attached hydrogen (secondary N) is 1. The van der Waals surface area contributed by atoms with Gasteiger partial charge in [0.2, 0.25) is 5.91 Å². The van der Waals surface area contributed by atoms with Gasteiger partial charge in [-0.05, 0) is 27.7 Å². The lowest BCUT2D eigenvalue weighted by Gasteiger charge is -2.25. The lowest BCUT2D eigenvalue weighted by molar-refractivity contribution is -0.147. The van der Waals surface area contributed by atoms with Crippen molar-refractivity contribution in [1.29, 1.82) is 0 Å². The summed E-state index contributed by atoms with van der Waals surface area (Å²) in [6.45, 7) is 7.47. The highest BCUT2D eigenvalue weighted by Crippen LogP contribution is 2.00. The molecule has 0 radical (unpaired) electrons. The average molecular weight is 216 g/mol. The number of rotatable bonds is 4. The standard InChI is InChI=1S/C10H20N2O3/c1-7(9(14)15)12(5)8(13)6-11-10(2,3)4/h7,11H,6H2,1-5H3,(H,14,15). The van der Waals surface area contributed by atoms with Crippen molar-refractivity contribution in [3.05, 3.63) is 0 Å². The molecule has 1 unspecified atom stereocenters. The van der Waals surface area contributed by atoms with E-state index in [0.717, 1.165) is 0 Å². The van der Waals surface area contributed by atoms with E-state index in [1.54, 1.807) is 0 Å². The molecule has 0 bridgehead atoms. The average Bonchev–Trinajstić information content (AvgIpc) is 2.10. The summed E-state index contributed by atoms with van der Waals surface area (Å²) in [5.74, 6) is -1.22. The number of hydrogen-bond acceptors (Lipinski definition) is 3. The second-order valence-electron chi connectivity index (χ2n) is 4.62. The predicted octanol–water partition coefficient (Wildman–Crippen LogP) is 0.306. The largest absolute Gasteiger partial charge is 0.480 e. The molecule has 0 spiro atoms. The molecule has 0 aliphatic rings. The summed E-state index contributed by atoms with van der Waals surface area (Å²) in [5, 5.41) is 11.7. The van der Waals surface area contributed by atoms with Gasteiger partial charge in [-0.15, -0.1) is 0 Å². The summed E-state index contributed by atoms with van der Waals surface area (Å²) >= 11 is 0. The molecule has 5 heteroatoms. The van der Waals surface area contributed by atoms with Gasteiger partial charge in [0.15, 0.2) is 0 Å². The van der Waals surface area contributed by atoms with Gasteiger partial charge in [0.1, 0.15) is 6.04 Å². The zero-order valence-corrected chi connectivity index (χ0v) is 10.00.